The lowest BCUT2D eigenvalue weighted by Crippen LogP contribution is -2.67. The quantitative estimate of drug-likeness (QED) is 0.258. The summed E-state index contributed by atoms with van der Waals surface area (Å²) in [4.78, 5) is 61.2. The summed E-state index contributed by atoms with van der Waals surface area (Å²) in [6, 6.07) is 2.09. The van der Waals surface area contributed by atoms with Crippen LogP contribution in [0.4, 0.5) is 18.0 Å². The highest BCUT2D eigenvalue weighted by atomic mass is 19.4. The van der Waals surface area contributed by atoms with Crippen LogP contribution in [0.5, 0.6) is 11.5 Å². The number of alkyl carbamates (subject to hydrolysis) is 1. The summed E-state index contributed by atoms with van der Waals surface area (Å²) in [5.74, 6) is -2.43. The van der Waals surface area contributed by atoms with E-state index < -0.39 is 70.3 Å². The first-order chi connectivity index (χ1) is 25.9. The third kappa shape index (κ3) is 7.97. The number of hydrogen-bond acceptors (Lipinski definition) is 9. The number of hydrogen-bond donors (Lipinski definition) is 2. The lowest BCUT2D eigenvalue weighted by molar-refractivity contribution is -0.161. The number of carbonyl (C=O) groups is 4. The first-order valence-electron chi connectivity index (χ1n) is 18.8. The van der Waals surface area contributed by atoms with E-state index in [0.717, 1.165) is 12.8 Å². The lowest BCUT2D eigenvalue weighted by Gasteiger charge is -2.47. The van der Waals surface area contributed by atoms with E-state index in [1.54, 1.807) is 46.8 Å². The fourth-order valence-electron chi connectivity index (χ4n) is 8.12. The van der Waals surface area contributed by atoms with Crippen molar-refractivity contribution in [2.45, 2.75) is 121 Å². The molecule has 6 rings (SSSR count). The van der Waals surface area contributed by atoms with Gasteiger partial charge in [0.15, 0.2) is 11.4 Å². The standard InChI is InChI=1S/C40H49F3N4O8/c1-7-53-35(50)39-18-17-24(39)13-11-9-8-10-12-14-28(45-36(51)55-37(3,4)5)34(49)47-22-38(21-29(47)33(48)46-39)20-23(2)30-26-19-25(52-6)15-16-27(26)44-32(31(30)54-38)40(41,42)43/h11,13,15-16,19-20,24,28-29H,7-10,12,14,17-18,21-22H2,1-6H3,(H,45,51)(H,46,48). The van der Waals surface area contributed by atoms with Crippen molar-refractivity contribution in [2.75, 3.05) is 20.3 Å². The minimum absolute atomic E-state index is 0.0789. The number of methoxy groups -OCH3 is 1. The van der Waals surface area contributed by atoms with E-state index in [4.69, 9.17) is 18.9 Å². The number of allylic oxidation sites excluding steroid dienone is 2. The molecule has 4 heterocycles. The molecule has 1 saturated carbocycles. The van der Waals surface area contributed by atoms with Crippen molar-refractivity contribution in [1.82, 2.24) is 20.5 Å². The van der Waals surface area contributed by atoms with Crippen molar-refractivity contribution in [3.05, 3.63) is 47.7 Å². The fourth-order valence-corrected chi connectivity index (χ4v) is 8.12. The van der Waals surface area contributed by atoms with Gasteiger partial charge in [-0.15, -0.1) is 0 Å². The molecule has 5 unspecified atom stereocenters. The second kappa shape index (κ2) is 15.0. The van der Waals surface area contributed by atoms with Gasteiger partial charge >= 0.3 is 18.2 Å². The molecule has 298 valence electrons. The Balaban J connectivity index is 1.45. The summed E-state index contributed by atoms with van der Waals surface area (Å²) in [6.07, 6.45) is 3.41. The summed E-state index contributed by atoms with van der Waals surface area (Å²) < 4.78 is 67.0. The Morgan fingerprint density at radius 2 is 1.89 bits per heavy atom. The van der Waals surface area contributed by atoms with Crippen molar-refractivity contribution in [3.8, 4) is 11.5 Å². The number of fused-ring (bicyclic) bond motifs is 5. The maximum Gasteiger partial charge on any atom is 0.437 e. The molecular formula is C40H49F3N4O8. The van der Waals surface area contributed by atoms with E-state index in [0.29, 0.717) is 42.4 Å². The smallest absolute Gasteiger partial charge is 0.437 e. The third-order valence-corrected chi connectivity index (χ3v) is 10.7. The normalized spacial score (nSPS) is 27.3. The van der Waals surface area contributed by atoms with Crippen LogP contribution in [0.25, 0.3) is 16.5 Å². The predicted octanol–water partition coefficient (Wildman–Crippen LogP) is 6.64. The Hall–Kier alpha value is -4.82. The molecule has 1 spiro atoms. The molecule has 2 N–H and O–H groups in total. The Morgan fingerprint density at radius 1 is 1.13 bits per heavy atom. The van der Waals surface area contributed by atoms with Crippen molar-refractivity contribution in [2.24, 2.45) is 5.92 Å². The number of halogens is 3. The number of ether oxygens (including phenoxy) is 4. The number of aromatic nitrogens is 1. The molecule has 12 nitrogen and oxygen atoms in total. The lowest BCUT2D eigenvalue weighted by atomic mass is 9.66. The van der Waals surface area contributed by atoms with E-state index in [2.05, 4.69) is 15.6 Å². The van der Waals surface area contributed by atoms with Crippen LogP contribution in [0.3, 0.4) is 0 Å². The first-order valence-corrected chi connectivity index (χ1v) is 18.8. The monoisotopic (exact) mass is 770 g/mol. The van der Waals surface area contributed by atoms with Gasteiger partial charge in [0, 0.05) is 23.3 Å². The van der Waals surface area contributed by atoms with Gasteiger partial charge in [0.25, 0.3) is 0 Å². The zero-order chi connectivity index (χ0) is 39.9. The second-order valence-corrected chi connectivity index (χ2v) is 15.8. The summed E-state index contributed by atoms with van der Waals surface area (Å²) in [7, 11) is 1.44. The largest absolute Gasteiger partial charge is 0.497 e. The van der Waals surface area contributed by atoms with Crippen LogP contribution in [0, 0.1) is 5.92 Å². The number of pyridine rings is 1. The van der Waals surface area contributed by atoms with E-state index in [1.165, 1.54) is 24.1 Å². The fraction of sp³-hybridized carbons (Fsp3) is 0.575. The zero-order valence-corrected chi connectivity index (χ0v) is 32.1. The van der Waals surface area contributed by atoms with E-state index in [1.807, 2.05) is 12.2 Å². The van der Waals surface area contributed by atoms with E-state index in [9.17, 15) is 32.3 Å². The predicted molar refractivity (Wildman–Crippen MR) is 196 cm³/mol. The maximum atomic E-state index is 14.8. The van der Waals surface area contributed by atoms with Crippen LogP contribution in [-0.4, -0.2) is 82.8 Å². The van der Waals surface area contributed by atoms with E-state index >= 15 is 0 Å². The molecule has 3 aliphatic heterocycles. The van der Waals surface area contributed by atoms with Gasteiger partial charge < -0.3 is 34.5 Å². The van der Waals surface area contributed by atoms with Crippen LogP contribution >= 0.6 is 0 Å². The average molecular weight is 771 g/mol. The van der Waals surface area contributed by atoms with Gasteiger partial charge in [0.1, 0.15) is 34.6 Å². The van der Waals surface area contributed by atoms with Gasteiger partial charge in [-0.05, 0) is 96.6 Å². The van der Waals surface area contributed by atoms with Gasteiger partial charge in [-0.1, -0.05) is 25.0 Å². The molecular weight excluding hydrogens is 721 g/mol. The van der Waals surface area contributed by atoms with Crippen LogP contribution in [0.1, 0.15) is 97.2 Å². The molecule has 55 heavy (non-hydrogen) atoms. The molecule has 15 heteroatoms. The number of nitrogens with one attached hydrogen (secondary N) is 2. The third-order valence-electron chi connectivity index (χ3n) is 10.7. The molecule has 3 amide bonds. The average Bonchev–Trinajstić information content (AvgIpc) is 3.45. The molecule has 0 radical (unpaired) electrons. The number of benzene rings is 1. The summed E-state index contributed by atoms with van der Waals surface area (Å²) in [6.45, 7) is 8.12. The van der Waals surface area contributed by atoms with Gasteiger partial charge in [-0.3, -0.25) is 9.59 Å². The van der Waals surface area contributed by atoms with E-state index in [-0.39, 0.29) is 43.0 Å². The Bertz CT molecular complexity index is 1920. The highest BCUT2D eigenvalue weighted by molar-refractivity contribution is 5.98. The van der Waals surface area contributed by atoms with Crippen LogP contribution in [-0.2, 0) is 30.0 Å². The molecule has 4 aliphatic rings. The van der Waals surface area contributed by atoms with Crippen LogP contribution in [0.15, 0.2) is 36.4 Å². The van der Waals surface area contributed by atoms with Crippen LogP contribution in [0.2, 0.25) is 0 Å². The number of amides is 3. The van der Waals surface area contributed by atoms with Crippen molar-refractivity contribution in [3.63, 3.8) is 0 Å². The summed E-state index contributed by atoms with van der Waals surface area (Å²) in [5, 5.41) is 6.00. The number of carbonyl (C=O) groups excluding carboxylic acids is 4. The minimum atomic E-state index is -4.92. The zero-order valence-electron chi connectivity index (χ0n) is 32.1. The van der Waals surface area contributed by atoms with Gasteiger partial charge in [-0.25, -0.2) is 14.6 Å². The second-order valence-electron chi connectivity index (χ2n) is 15.8. The summed E-state index contributed by atoms with van der Waals surface area (Å²) >= 11 is 0. The summed E-state index contributed by atoms with van der Waals surface area (Å²) in [5.41, 5.74) is -4.49. The first kappa shape index (κ1) is 39.9. The maximum absolute atomic E-state index is 14.8. The van der Waals surface area contributed by atoms with Crippen molar-refractivity contribution >= 4 is 40.4 Å². The van der Waals surface area contributed by atoms with Crippen LogP contribution < -0.4 is 20.1 Å². The molecule has 1 saturated heterocycles. The Morgan fingerprint density at radius 3 is 2.55 bits per heavy atom. The SMILES string of the molecule is CCOC(=O)C12CCC1C=CCCCCCC(NC(=O)OC(C)(C)C)C(=O)N1CC3(C=C(C)c4c(c(C(F)(F)F)nc5ccc(OC)cc45)O3)CC1C(=O)N2. The molecule has 1 aromatic carbocycles. The Labute approximate surface area is 318 Å². The highest BCUT2D eigenvalue weighted by Crippen LogP contribution is 2.50. The number of alkyl halides is 3. The highest BCUT2D eigenvalue weighted by Gasteiger charge is 2.58. The van der Waals surface area contributed by atoms with Gasteiger partial charge in [0.2, 0.25) is 11.8 Å². The van der Waals surface area contributed by atoms with Crippen molar-refractivity contribution in [1.29, 1.82) is 0 Å². The van der Waals surface area contributed by atoms with Gasteiger partial charge in [0.05, 0.1) is 25.8 Å². The molecule has 2 aromatic rings. The Kier molecular flexibility index (Phi) is 10.9. The topological polar surface area (TPSA) is 145 Å². The molecule has 1 aliphatic carbocycles. The minimum Gasteiger partial charge on any atom is -0.497 e. The number of esters is 1. The molecule has 5 atom stereocenters. The van der Waals surface area contributed by atoms with Crippen molar-refractivity contribution < 1.29 is 51.3 Å². The molecule has 2 fully saturated rings. The number of nitrogens with zero attached hydrogens (tertiary/aromatic N) is 2. The van der Waals surface area contributed by atoms with Gasteiger partial charge in [-0.2, -0.15) is 13.2 Å². The molecule has 0 bridgehead atoms. The number of rotatable bonds is 4. The molecule has 1 aromatic heterocycles.